The van der Waals surface area contributed by atoms with Crippen LogP contribution >= 0.6 is 11.8 Å². The van der Waals surface area contributed by atoms with Gasteiger partial charge < -0.3 is 32.4 Å². The van der Waals surface area contributed by atoms with E-state index in [1.807, 2.05) is 12.1 Å². The molecule has 2 aromatic carbocycles. The first-order chi connectivity index (χ1) is 18.1. The van der Waals surface area contributed by atoms with Gasteiger partial charge in [0.25, 0.3) is 5.24 Å². The van der Waals surface area contributed by atoms with E-state index in [1.165, 1.54) is 0 Å². The molecule has 0 aromatic heterocycles. The summed E-state index contributed by atoms with van der Waals surface area (Å²) in [6.45, 7) is 0.257. The van der Waals surface area contributed by atoms with Crippen LogP contribution in [-0.4, -0.2) is 58.0 Å². The number of thioether (sulfide) groups is 1. The quantitative estimate of drug-likeness (QED) is 0.119. The molecule has 0 aliphatic carbocycles. The van der Waals surface area contributed by atoms with Crippen molar-refractivity contribution in [2.24, 2.45) is 22.2 Å². The first-order valence-electron chi connectivity index (χ1n) is 11.8. The van der Waals surface area contributed by atoms with Crippen LogP contribution in [0.1, 0.15) is 24.0 Å². The molecular weight excluding hydrogens is 512 g/mol. The van der Waals surface area contributed by atoms with E-state index in [-0.39, 0.29) is 36.5 Å². The summed E-state index contributed by atoms with van der Waals surface area (Å²) < 4.78 is 5.85. The Morgan fingerprint density at radius 1 is 1.05 bits per heavy atom. The Bertz CT molecular complexity index is 1180. The Hall–Kier alpha value is -4.10. The van der Waals surface area contributed by atoms with Crippen LogP contribution in [0.25, 0.3) is 0 Å². The lowest BCUT2D eigenvalue weighted by molar-refractivity contribution is -0.142. The number of amides is 3. The highest BCUT2D eigenvalue weighted by atomic mass is 32.2. The van der Waals surface area contributed by atoms with E-state index in [0.717, 1.165) is 22.9 Å². The third-order valence-electron chi connectivity index (χ3n) is 5.62. The highest BCUT2D eigenvalue weighted by Crippen LogP contribution is 2.26. The summed E-state index contributed by atoms with van der Waals surface area (Å²) in [5.74, 6) is -0.930. The predicted octanol–water partition coefficient (Wildman–Crippen LogP) is 0.866. The Kier molecular flexibility index (Phi) is 10.1. The van der Waals surface area contributed by atoms with Gasteiger partial charge >= 0.3 is 5.97 Å². The van der Waals surface area contributed by atoms with Crippen molar-refractivity contribution >= 4 is 40.7 Å². The third-order valence-corrected chi connectivity index (χ3v) is 6.60. The summed E-state index contributed by atoms with van der Waals surface area (Å²) in [4.78, 5) is 50.7. The van der Waals surface area contributed by atoms with Crippen LogP contribution in [0.4, 0.5) is 4.79 Å². The fraction of sp³-hybridized carbons (Fsp3) is 0.320. The third kappa shape index (κ3) is 8.78. The maximum atomic E-state index is 12.4. The summed E-state index contributed by atoms with van der Waals surface area (Å²) in [5.41, 5.74) is 18.2. The molecule has 3 atom stereocenters. The number of benzene rings is 2. The zero-order valence-corrected chi connectivity index (χ0v) is 21.3. The van der Waals surface area contributed by atoms with Crippen LogP contribution in [-0.2, 0) is 27.2 Å². The molecule has 0 bridgehead atoms. The SMILES string of the molecule is NC(N)=NCCCC(NC(=O)C(N)Cc1ccc(Oc2ccc(C[C@@H]3SC(=O)NC3=O)cc2)cc1)C(=O)O. The van der Waals surface area contributed by atoms with E-state index >= 15 is 0 Å². The predicted molar refractivity (Wildman–Crippen MR) is 143 cm³/mol. The van der Waals surface area contributed by atoms with E-state index in [1.54, 1.807) is 36.4 Å². The molecule has 1 fully saturated rings. The van der Waals surface area contributed by atoms with Crippen LogP contribution in [0.3, 0.4) is 0 Å². The second-order valence-electron chi connectivity index (χ2n) is 8.64. The number of nitrogens with two attached hydrogens (primary N) is 3. The van der Waals surface area contributed by atoms with Crippen molar-refractivity contribution < 1.29 is 29.0 Å². The van der Waals surface area contributed by atoms with Gasteiger partial charge in [0.1, 0.15) is 17.5 Å². The maximum absolute atomic E-state index is 12.4. The molecule has 0 saturated carbocycles. The first-order valence-corrected chi connectivity index (χ1v) is 12.7. The van der Waals surface area contributed by atoms with Gasteiger partial charge in [0.05, 0.1) is 11.3 Å². The molecular formula is C25H30N6O6S. The molecule has 9 N–H and O–H groups in total. The van der Waals surface area contributed by atoms with Crippen molar-refractivity contribution in [3.63, 3.8) is 0 Å². The molecule has 0 radical (unpaired) electrons. The highest BCUT2D eigenvalue weighted by molar-refractivity contribution is 8.15. The number of carbonyl (C=O) groups excluding carboxylic acids is 3. The summed E-state index contributed by atoms with van der Waals surface area (Å²) in [5, 5.41) is 13.3. The Balaban J connectivity index is 1.48. The van der Waals surface area contributed by atoms with Crippen LogP contribution < -0.4 is 32.6 Å². The number of carboxylic acid groups (broad SMARTS) is 1. The minimum absolute atomic E-state index is 0.0811. The Labute approximate surface area is 223 Å². The van der Waals surface area contributed by atoms with Crippen LogP contribution in [0.15, 0.2) is 53.5 Å². The molecule has 38 heavy (non-hydrogen) atoms. The van der Waals surface area contributed by atoms with Gasteiger partial charge in [-0.3, -0.25) is 24.7 Å². The van der Waals surface area contributed by atoms with E-state index < -0.39 is 29.2 Å². The number of imide groups is 1. The fourth-order valence-corrected chi connectivity index (χ4v) is 4.51. The van der Waals surface area contributed by atoms with E-state index in [9.17, 15) is 24.3 Å². The van der Waals surface area contributed by atoms with Crippen molar-refractivity contribution in [2.45, 2.75) is 43.0 Å². The van der Waals surface area contributed by atoms with E-state index in [2.05, 4.69) is 15.6 Å². The molecule has 202 valence electrons. The molecule has 13 heteroatoms. The summed E-state index contributed by atoms with van der Waals surface area (Å²) in [6.07, 6.45) is 1.19. The maximum Gasteiger partial charge on any atom is 0.326 e. The number of aliphatic imine (C=N–C) groups is 1. The van der Waals surface area contributed by atoms with Crippen molar-refractivity contribution in [1.82, 2.24) is 10.6 Å². The topological polar surface area (TPSA) is 212 Å². The van der Waals surface area contributed by atoms with E-state index in [4.69, 9.17) is 21.9 Å². The number of nitrogens with zero attached hydrogens (tertiary/aromatic N) is 1. The Morgan fingerprint density at radius 3 is 2.18 bits per heavy atom. The number of carboxylic acids is 1. The number of aliphatic carboxylic acids is 1. The standard InChI is InChI=1S/C25H30N6O6S/c26-18(21(32)30-19(23(34)35)2-1-11-29-24(27)28)12-14-3-7-16(8-4-14)37-17-9-5-15(6-10-17)13-20-22(33)31-25(36)38-20/h3-10,18-20H,1-2,11-13,26H2,(H,30,32)(H,34,35)(H4,27,28,29)(H,31,33,36)/t18?,19?,20-/m0/s1. The minimum Gasteiger partial charge on any atom is -0.480 e. The number of hydrogen-bond donors (Lipinski definition) is 6. The van der Waals surface area contributed by atoms with Crippen LogP contribution in [0.2, 0.25) is 0 Å². The smallest absolute Gasteiger partial charge is 0.326 e. The van der Waals surface area contributed by atoms with Crippen molar-refractivity contribution in [1.29, 1.82) is 0 Å². The van der Waals surface area contributed by atoms with Gasteiger partial charge in [-0.2, -0.15) is 0 Å². The number of guanidine groups is 1. The first kappa shape index (κ1) is 28.5. The van der Waals surface area contributed by atoms with Gasteiger partial charge in [0.15, 0.2) is 5.96 Å². The van der Waals surface area contributed by atoms with Crippen LogP contribution in [0.5, 0.6) is 11.5 Å². The monoisotopic (exact) mass is 542 g/mol. The molecule has 1 heterocycles. The van der Waals surface area contributed by atoms with E-state index in [0.29, 0.717) is 24.3 Å². The van der Waals surface area contributed by atoms with Crippen molar-refractivity contribution in [3.05, 3.63) is 59.7 Å². The molecule has 1 aliphatic rings. The van der Waals surface area contributed by atoms with Crippen LogP contribution in [0, 0.1) is 0 Å². The second-order valence-corrected chi connectivity index (χ2v) is 9.81. The molecule has 3 amide bonds. The van der Waals surface area contributed by atoms with Gasteiger partial charge in [0.2, 0.25) is 11.8 Å². The highest BCUT2D eigenvalue weighted by Gasteiger charge is 2.31. The summed E-state index contributed by atoms with van der Waals surface area (Å²) in [7, 11) is 0. The fourth-order valence-electron chi connectivity index (χ4n) is 3.65. The lowest BCUT2D eigenvalue weighted by Crippen LogP contribution is -2.49. The van der Waals surface area contributed by atoms with Crippen molar-refractivity contribution in [2.75, 3.05) is 6.54 Å². The normalized spacial score (nSPS) is 16.3. The summed E-state index contributed by atoms with van der Waals surface area (Å²) >= 11 is 0.988. The molecule has 3 rings (SSSR count). The molecule has 2 aromatic rings. The average Bonchev–Trinajstić information content (AvgIpc) is 3.19. The zero-order valence-electron chi connectivity index (χ0n) is 20.5. The Morgan fingerprint density at radius 2 is 1.66 bits per heavy atom. The molecule has 1 saturated heterocycles. The van der Waals surface area contributed by atoms with Gasteiger partial charge in [-0.05, 0) is 61.1 Å². The molecule has 2 unspecified atom stereocenters. The lowest BCUT2D eigenvalue weighted by Gasteiger charge is -2.18. The minimum atomic E-state index is -1.16. The number of rotatable bonds is 13. The van der Waals surface area contributed by atoms with Gasteiger partial charge in [-0.25, -0.2) is 4.79 Å². The number of nitrogens with one attached hydrogen (secondary N) is 2. The molecule has 1 aliphatic heterocycles. The number of ether oxygens (including phenoxy) is 1. The lowest BCUT2D eigenvalue weighted by atomic mass is 10.0. The summed E-state index contributed by atoms with van der Waals surface area (Å²) in [6, 6.07) is 12.2. The second kappa shape index (κ2) is 13.4. The molecule has 0 spiro atoms. The largest absolute Gasteiger partial charge is 0.480 e. The van der Waals surface area contributed by atoms with Gasteiger partial charge in [-0.1, -0.05) is 36.0 Å². The average molecular weight is 543 g/mol. The number of hydrogen-bond acceptors (Lipinski definition) is 8. The van der Waals surface area contributed by atoms with Gasteiger partial charge in [-0.15, -0.1) is 0 Å². The zero-order chi connectivity index (χ0) is 27.7. The molecule has 12 nitrogen and oxygen atoms in total. The number of carbonyl (C=O) groups is 4. The van der Waals surface area contributed by atoms with Crippen molar-refractivity contribution in [3.8, 4) is 11.5 Å². The van der Waals surface area contributed by atoms with Gasteiger partial charge in [0, 0.05) is 6.54 Å².